The number of aromatic nitrogens is 3. The summed E-state index contributed by atoms with van der Waals surface area (Å²) in [5.41, 5.74) is -2.29. The third kappa shape index (κ3) is 4.34. The molecular weight excluding hydrogens is 569 g/mol. The number of phenolic OH excluding ortho intramolecular Hbond substituents is 1. The van der Waals surface area contributed by atoms with Crippen LogP contribution in [-0.2, 0) is 0 Å². The van der Waals surface area contributed by atoms with E-state index >= 15 is 4.39 Å². The molecule has 4 saturated heterocycles. The lowest BCUT2D eigenvalue weighted by Gasteiger charge is -2.34. The summed E-state index contributed by atoms with van der Waals surface area (Å²) >= 11 is 0. The molecule has 11 heteroatoms. The highest BCUT2D eigenvalue weighted by atomic mass is 19.1. The predicted octanol–water partition coefficient (Wildman–Crippen LogP) is 4.71. The summed E-state index contributed by atoms with van der Waals surface area (Å²) in [7, 11) is 0. The van der Waals surface area contributed by atoms with Crippen LogP contribution in [0.2, 0.25) is 0 Å². The molecule has 2 aromatic carbocycles. The SMILES string of the molecule is [2H]C1([2H])CC[C@]2(C([2H])([2H])Oc3nc(N4CC5CCC(C4)N5)c4cnc(-c5cc(O)cc6ccc(F)c(C#C)c56)c(F)c4n3)C[C@H](F)CN12. The summed E-state index contributed by atoms with van der Waals surface area (Å²) in [6, 6.07) is 5.00. The lowest BCUT2D eigenvalue weighted by Crippen LogP contribution is -2.51. The Kier molecular flexibility index (Phi) is 5.40. The second kappa shape index (κ2) is 10.2. The molecule has 0 aliphatic carbocycles. The zero-order valence-electron chi connectivity index (χ0n) is 27.6. The molecule has 4 aliphatic rings. The second-order valence-electron chi connectivity index (χ2n) is 12.0. The van der Waals surface area contributed by atoms with Gasteiger partial charge in [0.1, 0.15) is 41.3 Å². The average Bonchev–Trinajstić information content (AvgIpc) is 3.66. The number of halogens is 3. The van der Waals surface area contributed by atoms with Crippen LogP contribution in [0.15, 0.2) is 30.5 Å². The van der Waals surface area contributed by atoms with Crippen LogP contribution in [0.25, 0.3) is 32.9 Å². The van der Waals surface area contributed by atoms with E-state index < -0.39 is 42.4 Å². The first-order valence-corrected chi connectivity index (χ1v) is 14.7. The van der Waals surface area contributed by atoms with Gasteiger partial charge in [-0.25, -0.2) is 13.2 Å². The van der Waals surface area contributed by atoms with Gasteiger partial charge in [-0.15, -0.1) is 6.42 Å². The molecule has 2 N–H and O–H groups in total. The zero-order valence-corrected chi connectivity index (χ0v) is 23.6. The van der Waals surface area contributed by atoms with Gasteiger partial charge < -0.3 is 20.1 Å². The number of benzene rings is 2. The first kappa shape index (κ1) is 23.3. The Bertz CT molecular complexity index is 2040. The van der Waals surface area contributed by atoms with Crippen molar-refractivity contribution < 1.29 is 28.5 Å². The summed E-state index contributed by atoms with van der Waals surface area (Å²) in [6.07, 6.45) is 7.14. The van der Waals surface area contributed by atoms with Gasteiger partial charge in [0.2, 0.25) is 0 Å². The fourth-order valence-corrected chi connectivity index (χ4v) is 7.27. The Morgan fingerprint density at radius 1 is 1.20 bits per heavy atom. The van der Waals surface area contributed by atoms with Crippen molar-refractivity contribution in [1.29, 1.82) is 0 Å². The Labute approximate surface area is 257 Å². The number of nitrogens with zero attached hydrogens (tertiary/aromatic N) is 5. The number of fused-ring (bicyclic) bond motifs is 5. The molecule has 8 rings (SSSR count). The average molecular weight is 605 g/mol. The monoisotopic (exact) mass is 604 g/mol. The van der Waals surface area contributed by atoms with E-state index in [4.69, 9.17) is 16.6 Å². The standard InChI is InChI=1S/C33H31F3N6O2/c1-2-23-26(35)7-4-18-10-22(43)11-24(27(18)23)29-28(36)30-25(13-37-29)31(41-15-20-5-6-21(16-41)38-20)40-32(39-30)44-17-33-8-3-9-42(33)14-19(34)12-33/h1,4,7,10-11,13,19-21,38,43H,3,5-6,8-9,12,14-17H2/t19-,20?,21?,33+/m0/s1/i9D2,17D2. The first-order valence-electron chi connectivity index (χ1n) is 16.7. The quantitative estimate of drug-likeness (QED) is 0.317. The Morgan fingerprint density at radius 3 is 2.82 bits per heavy atom. The fourth-order valence-electron chi connectivity index (χ4n) is 7.27. The number of ether oxygens (including phenoxy) is 1. The number of pyridine rings is 1. The van der Waals surface area contributed by atoms with Crippen molar-refractivity contribution in [3.05, 3.63) is 47.7 Å². The van der Waals surface area contributed by atoms with Crippen molar-refractivity contribution >= 4 is 27.5 Å². The van der Waals surface area contributed by atoms with Gasteiger partial charge >= 0.3 is 6.01 Å². The van der Waals surface area contributed by atoms with E-state index in [2.05, 4.69) is 26.2 Å². The minimum absolute atomic E-state index is 0.00388. The van der Waals surface area contributed by atoms with E-state index in [0.29, 0.717) is 18.5 Å². The summed E-state index contributed by atoms with van der Waals surface area (Å²) in [5.74, 6) is 0.689. The van der Waals surface area contributed by atoms with Crippen molar-refractivity contribution in [2.24, 2.45) is 0 Å². The van der Waals surface area contributed by atoms with Gasteiger partial charge in [0.25, 0.3) is 0 Å². The van der Waals surface area contributed by atoms with Crippen LogP contribution in [-0.4, -0.2) is 81.4 Å². The van der Waals surface area contributed by atoms with Gasteiger partial charge in [-0.05, 0) is 55.8 Å². The van der Waals surface area contributed by atoms with Crippen LogP contribution in [0, 0.1) is 24.0 Å². The highest BCUT2D eigenvalue weighted by molar-refractivity contribution is 6.03. The number of nitrogens with one attached hydrogen (secondary N) is 1. The lowest BCUT2D eigenvalue weighted by atomic mass is 9.95. The van der Waals surface area contributed by atoms with Crippen LogP contribution in [0.3, 0.4) is 0 Å². The number of rotatable bonds is 5. The van der Waals surface area contributed by atoms with Crippen LogP contribution in [0.5, 0.6) is 11.8 Å². The molecule has 0 amide bonds. The molecule has 0 spiro atoms. The van der Waals surface area contributed by atoms with Crippen LogP contribution < -0.4 is 15.0 Å². The maximum absolute atomic E-state index is 16.9. The number of terminal acetylenes is 1. The highest BCUT2D eigenvalue weighted by Gasteiger charge is 2.49. The number of alkyl halides is 1. The molecule has 4 atom stereocenters. The first-order chi connectivity index (χ1) is 22.8. The molecule has 226 valence electrons. The molecule has 8 nitrogen and oxygen atoms in total. The summed E-state index contributed by atoms with van der Waals surface area (Å²) in [4.78, 5) is 16.5. The molecular formula is C33H31F3N6O2. The van der Waals surface area contributed by atoms with Gasteiger partial charge in [-0.1, -0.05) is 12.0 Å². The Balaban J connectivity index is 1.31. The number of piperazine rings is 1. The van der Waals surface area contributed by atoms with Crippen molar-refractivity contribution in [2.45, 2.75) is 55.9 Å². The maximum atomic E-state index is 16.9. The van der Waals surface area contributed by atoms with E-state index in [1.54, 1.807) is 0 Å². The number of hydrogen-bond acceptors (Lipinski definition) is 8. The van der Waals surface area contributed by atoms with Gasteiger partial charge in [-0.2, -0.15) is 9.97 Å². The van der Waals surface area contributed by atoms with Crippen molar-refractivity contribution in [3.8, 4) is 35.4 Å². The molecule has 6 heterocycles. The smallest absolute Gasteiger partial charge is 0.319 e. The van der Waals surface area contributed by atoms with Gasteiger partial charge in [-0.3, -0.25) is 9.88 Å². The number of hydrogen-bond donors (Lipinski definition) is 2. The summed E-state index contributed by atoms with van der Waals surface area (Å²) in [5, 5.41) is 14.8. The maximum Gasteiger partial charge on any atom is 0.319 e. The predicted molar refractivity (Wildman–Crippen MR) is 160 cm³/mol. The highest BCUT2D eigenvalue weighted by Crippen LogP contribution is 2.42. The van der Waals surface area contributed by atoms with Gasteiger partial charge in [0, 0.05) is 58.0 Å². The largest absolute Gasteiger partial charge is 0.508 e. The number of phenols is 1. The minimum atomic E-state index is -2.67. The van der Waals surface area contributed by atoms with Crippen molar-refractivity contribution in [2.75, 3.05) is 37.6 Å². The fraction of sp³-hybridized carbons (Fsp3) is 0.424. The van der Waals surface area contributed by atoms with E-state index in [1.165, 1.54) is 29.3 Å². The molecule has 0 saturated carbocycles. The third-order valence-electron chi connectivity index (χ3n) is 9.24. The van der Waals surface area contributed by atoms with Crippen LogP contribution in [0.1, 0.15) is 43.2 Å². The van der Waals surface area contributed by atoms with Crippen molar-refractivity contribution in [1.82, 2.24) is 25.2 Å². The van der Waals surface area contributed by atoms with E-state index in [0.717, 1.165) is 18.9 Å². The third-order valence-corrected chi connectivity index (χ3v) is 9.24. The minimum Gasteiger partial charge on any atom is -0.508 e. The van der Waals surface area contributed by atoms with E-state index in [-0.39, 0.29) is 82.6 Å². The van der Waals surface area contributed by atoms with E-state index in [1.807, 2.05) is 4.90 Å². The number of anilines is 1. The molecule has 0 radical (unpaired) electrons. The normalized spacial score (nSPS) is 29.2. The molecule has 4 aromatic rings. The van der Waals surface area contributed by atoms with Gasteiger partial charge in [0.05, 0.1) is 19.2 Å². The van der Waals surface area contributed by atoms with E-state index in [9.17, 15) is 13.9 Å². The molecule has 4 aliphatic heterocycles. The number of aromatic hydroxyl groups is 1. The summed E-state index contributed by atoms with van der Waals surface area (Å²) < 4.78 is 87.3. The summed E-state index contributed by atoms with van der Waals surface area (Å²) in [6.45, 7) is -3.84. The lowest BCUT2D eigenvalue weighted by molar-refractivity contribution is 0.107. The molecule has 4 fully saturated rings. The Hall–Kier alpha value is -4.14. The van der Waals surface area contributed by atoms with Crippen LogP contribution >= 0.6 is 0 Å². The second-order valence-corrected chi connectivity index (χ2v) is 12.0. The Morgan fingerprint density at radius 2 is 2.02 bits per heavy atom. The van der Waals surface area contributed by atoms with Crippen LogP contribution in [0.4, 0.5) is 19.0 Å². The zero-order chi connectivity index (χ0) is 33.7. The molecule has 44 heavy (non-hydrogen) atoms. The topological polar surface area (TPSA) is 86.6 Å². The van der Waals surface area contributed by atoms with Crippen molar-refractivity contribution in [3.63, 3.8) is 0 Å². The molecule has 2 bridgehead atoms. The molecule has 2 unspecified atom stereocenters. The molecule has 2 aromatic heterocycles. The van der Waals surface area contributed by atoms with Gasteiger partial charge in [0.15, 0.2) is 5.82 Å².